The Morgan fingerprint density at radius 3 is 1.02 bits per heavy atom. The smallest absolute Gasteiger partial charge is 0.306 e. The minimum atomic E-state index is -0.781. The van der Waals surface area contributed by atoms with Crippen LogP contribution in [0, 0.1) is 0 Å². The number of hydrogen-bond acceptors (Lipinski definition) is 6. The van der Waals surface area contributed by atoms with E-state index >= 15 is 0 Å². The molecule has 0 saturated carbocycles. The first-order valence-electron chi connectivity index (χ1n) is 25.5. The summed E-state index contributed by atoms with van der Waals surface area (Å²) in [5.74, 6) is -0.910. The predicted octanol–water partition coefficient (Wildman–Crippen LogP) is 16.5. The molecule has 0 aliphatic heterocycles. The van der Waals surface area contributed by atoms with Gasteiger partial charge in [-0.15, -0.1) is 0 Å². The van der Waals surface area contributed by atoms with E-state index in [1.54, 1.807) is 0 Å². The summed E-state index contributed by atoms with van der Waals surface area (Å²) in [4.78, 5) is 37.9. The maximum absolute atomic E-state index is 12.8. The molecule has 0 amide bonds. The largest absolute Gasteiger partial charge is 0.462 e. The molecule has 1 unspecified atom stereocenters. The molecule has 0 aliphatic carbocycles. The van der Waals surface area contributed by atoms with Crippen molar-refractivity contribution < 1.29 is 28.6 Å². The molecule has 1 atom stereocenters. The second-order valence-corrected chi connectivity index (χ2v) is 17.1. The van der Waals surface area contributed by atoms with E-state index in [2.05, 4.69) is 57.2 Å². The normalized spacial score (nSPS) is 12.3. The fourth-order valence-electron chi connectivity index (χ4n) is 7.24. The Balaban J connectivity index is 4.37. The predicted molar refractivity (Wildman–Crippen MR) is 252 cm³/mol. The van der Waals surface area contributed by atoms with Gasteiger partial charge in [-0.25, -0.2) is 0 Å². The number of rotatable bonds is 46. The average Bonchev–Trinajstić information content (AvgIpc) is 3.23. The minimum absolute atomic E-state index is 0.0823. The third kappa shape index (κ3) is 46.5. The summed E-state index contributed by atoms with van der Waals surface area (Å²) < 4.78 is 16.7. The van der Waals surface area contributed by atoms with Gasteiger partial charge >= 0.3 is 17.9 Å². The summed E-state index contributed by atoms with van der Waals surface area (Å²) >= 11 is 0. The molecule has 59 heavy (non-hydrogen) atoms. The first-order valence-corrected chi connectivity index (χ1v) is 25.5. The highest BCUT2D eigenvalue weighted by atomic mass is 16.6. The van der Waals surface area contributed by atoms with Crippen LogP contribution in [0.3, 0.4) is 0 Å². The summed E-state index contributed by atoms with van der Waals surface area (Å²) in [6.45, 7) is 6.57. The summed E-state index contributed by atoms with van der Waals surface area (Å²) in [7, 11) is 0. The van der Waals surface area contributed by atoms with E-state index in [-0.39, 0.29) is 31.1 Å². The third-order valence-corrected chi connectivity index (χ3v) is 11.1. The molecule has 0 spiro atoms. The van der Waals surface area contributed by atoms with Gasteiger partial charge in [0.15, 0.2) is 6.10 Å². The first kappa shape index (κ1) is 56.6. The first-order chi connectivity index (χ1) is 29.0. The number of carbonyl (C=O) groups is 3. The Hall–Kier alpha value is -2.37. The molecule has 6 heteroatoms. The molecule has 344 valence electrons. The van der Waals surface area contributed by atoms with Gasteiger partial charge in [0.2, 0.25) is 0 Å². The zero-order chi connectivity index (χ0) is 43.0. The zero-order valence-corrected chi connectivity index (χ0v) is 39.3. The second kappa shape index (κ2) is 48.3. The minimum Gasteiger partial charge on any atom is -0.462 e. The van der Waals surface area contributed by atoms with Crippen LogP contribution in [0.25, 0.3) is 0 Å². The van der Waals surface area contributed by atoms with Crippen LogP contribution in [-0.2, 0) is 28.6 Å². The lowest BCUT2D eigenvalue weighted by molar-refractivity contribution is -0.167. The van der Waals surface area contributed by atoms with Crippen molar-refractivity contribution in [3.63, 3.8) is 0 Å². The van der Waals surface area contributed by atoms with Gasteiger partial charge in [0.1, 0.15) is 13.2 Å². The standard InChI is InChI=1S/C53H96O6/c1-4-7-10-13-16-19-22-24-26-27-29-31-34-37-40-43-46-52(55)58-49-50(48-57-51(54)45-42-39-36-33-30-21-18-15-12-9-6-3)59-53(56)47-44-41-38-35-32-28-25-23-20-17-14-11-8-5-2/h15,18,21,26-27,30,50H,4-14,16-17,19-20,22-25,28-29,31-49H2,1-3H3/b18-15-,27-26-,30-21-. The van der Waals surface area contributed by atoms with Crippen LogP contribution in [-0.4, -0.2) is 37.2 Å². The summed E-state index contributed by atoms with van der Waals surface area (Å²) in [5, 5.41) is 0. The molecule has 0 heterocycles. The molecule has 0 aromatic heterocycles. The quantitative estimate of drug-likeness (QED) is 0.0200. The highest BCUT2D eigenvalue weighted by molar-refractivity contribution is 5.71. The molecule has 0 N–H and O–H groups in total. The molecule has 0 fully saturated rings. The van der Waals surface area contributed by atoms with Gasteiger partial charge in [-0.3, -0.25) is 14.4 Å². The second-order valence-electron chi connectivity index (χ2n) is 17.1. The summed E-state index contributed by atoms with van der Waals surface area (Å²) in [6, 6.07) is 0. The van der Waals surface area contributed by atoms with E-state index in [9.17, 15) is 14.4 Å². The molecule has 0 radical (unpaired) electrons. The van der Waals surface area contributed by atoms with Gasteiger partial charge in [-0.1, -0.05) is 218 Å². The van der Waals surface area contributed by atoms with Gasteiger partial charge < -0.3 is 14.2 Å². The molecular weight excluding hydrogens is 733 g/mol. The van der Waals surface area contributed by atoms with E-state index in [1.807, 2.05) is 0 Å². The number of carbonyl (C=O) groups excluding carboxylic acids is 3. The molecule has 0 bridgehead atoms. The van der Waals surface area contributed by atoms with Crippen molar-refractivity contribution >= 4 is 17.9 Å². The van der Waals surface area contributed by atoms with E-state index in [0.717, 1.165) is 77.0 Å². The van der Waals surface area contributed by atoms with Crippen LogP contribution in [0.5, 0.6) is 0 Å². The number of hydrogen-bond donors (Lipinski definition) is 0. The van der Waals surface area contributed by atoms with Gasteiger partial charge in [0, 0.05) is 19.3 Å². The molecule has 0 saturated heterocycles. The molecule has 0 aromatic rings. The number of ether oxygens (including phenoxy) is 3. The van der Waals surface area contributed by atoms with Crippen molar-refractivity contribution in [2.24, 2.45) is 0 Å². The molecule has 0 rings (SSSR count). The average molecular weight is 829 g/mol. The molecule has 0 aromatic carbocycles. The number of esters is 3. The summed E-state index contributed by atoms with van der Waals surface area (Å²) in [6.07, 6.45) is 55.6. The highest BCUT2D eigenvalue weighted by Crippen LogP contribution is 2.15. The van der Waals surface area contributed by atoms with Crippen LogP contribution < -0.4 is 0 Å². The van der Waals surface area contributed by atoms with Crippen LogP contribution in [0.4, 0.5) is 0 Å². The Kier molecular flexibility index (Phi) is 46.4. The Morgan fingerprint density at radius 2 is 0.627 bits per heavy atom. The van der Waals surface area contributed by atoms with Gasteiger partial charge in [-0.2, -0.15) is 0 Å². The van der Waals surface area contributed by atoms with Crippen molar-refractivity contribution in [3.8, 4) is 0 Å². The van der Waals surface area contributed by atoms with Crippen molar-refractivity contribution in [3.05, 3.63) is 36.5 Å². The van der Waals surface area contributed by atoms with E-state index in [0.29, 0.717) is 19.3 Å². The topological polar surface area (TPSA) is 78.9 Å². The van der Waals surface area contributed by atoms with Crippen LogP contribution in [0.1, 0.15) is 265 Å². The molecule has 6 nitrogen and oxygen atoms in total. The third-order valence-electron chi connectivity index (χ3n) is 11.1. The van der Waals surface area contributed by atoms with Crippen LogP contribution in [0.15, 0.2) is 36.5 Å². The maximum atomic E-state index is 12.8. The maximum Gasteiger partial charge on any atom is 0.306 e. The van der Waals surface area contributed by atoms with E-state index in [4.69, 9.17) is 14.2 Å². The van der Waals surface area contributed by atoms with E-state index in [1.165, 1.54) is 148 Å². The van der Waals surface area contributed by atoms with Gasteiger partial charge in [0.25, 0.3) is 0 Å². The SMILES string of the molecule is CCCC/C=C\C=C/CCCCCC(=O)OCC(COC(=O)CCCCCCC/C=C\CCCCCCCCC)OC(=O)CCCCCCCCCCCCCCCC. The van der Waals surface area contributed by atoms with Crippen molar-refractivity contribution in [2.75, 3.05) is 13.2 Å². The Bertz CT molecular complexity index is 1000. The van der Waals surface area contributed by atoms with Crippen molar-refractivity contribution in [1.82, 2.24) is 0 Å². The molecular formula is C53H96O6. The summed E-state index contributed by atoms with van der Waals surface area (Å²) in [5.41, 5.74) is 0. The van der Waals surface area contributed by atoms with Crippen molar-refractivity contribution in [1.29, 1.82) is 0 Å². The lowest BCUT2D eigenvalue weighted by Crippen LogP contribution is -2.30. The van der Waals surface area contributed by atoms with E-state index < -0.39 is 6.10 Å². The monoisotopic (exact) mass is 829 g/mol. The van der Waals surface area contributed by atoms with Crippen LogP contribution >= 0.6 is 0 Å². The lowest BCUT2D eigenvalue weighted by atomic mass is 10.0. The van der Waals surface area contributed by atoms with Gasteiger partial charge in [0.05, 0.1) is 0 Å². The Morgan fingerprint density at radius 1 is 0.339 bits per heavy atom. The fraction of sp³-hybridized carbons (Fsp3) is 0.830. The zero-order valence-electron chi connectivity index (χ0n) is 39.3. The number of allylic oxidation sites excluding steroid dienone is 6. The number of unbranched alkanes of at least 4 members (excludes halogenated alkanes) is 30. The Labute approximate surface area is 365 Å². The van der Waals surface area contributed by atoms with Crippen molar-refractivity contribution in [2.45, 2.75) is 271 Å². The van der Waals surface area contributed by atoms with Gasteiger partial charge in [-0.05, 0) is 64.2 Å². The van der Waals surface area contributed by atoms with Crippen LogP contribution in [0.2, 0.25) is 0 Å². The fourth-order valence-corrected chi connectivity index (χ4v) is 7.24. The highest BCUT2D eigenvalue weighted by Gasteiger charge is 2.19. The lowest BCUT2D eigenvalue weighted by Gasteiger charge is -2.18. The molecule has 0 aliphatic rings.